The minimum Gasteiger partial charge on any atom is -0.394 e. The zero-order valence-electron chi connectivity index (χ0n) is 30.2. The van der Waals surface area contributed by atoms with E-state index in [1.54, 1.807) is 0 Å². The largest absolute Gasteiger partial charge is 0.394 e. The number of aryl methyl sites for hydroxylation is 1. The van der Waals surface area contributed by atoms with Crippen LogP contribution in [0.2, 0.25) is 0 Å². The third-order valence-electron chi connectivity index (χ3n) is 9.41. The molecule has 12 nitrogen and oxygen atoms in total. The van der Waals surface area contributed by atoms with Gasteiger partial charge in [0, 0.05) is 19.4 Å². The predicted octanol–water partition coefficient (Wildman–Crippen LogP) is 3.02. The van der Waals surface area contributed by atoms with Gasteiger partial charge in [0.2, 0.25) is 11.8 Å². The Kier molecular flexibility index (Phi) is 23.4. The maximum absolute atomic E-state index is 12.8. The van der Waals surface area contributed by atoms with Crippen molar-refractivity contribution in [2.45, 2.75) is 171 Å². The summed E-state index contributed by atoms with van der Waals surface area (Å²) in [4.78, 5) is 25.2. The van der Waals surface area contributed by atoms with E-state index in [1.807, 2.05) is 18.2 Å². The summed E-state index contributed by atoms with van der Waals surface area (Å²) in [5, 5.41) is 67.5. The average Bonchev–Trinajstić information content (AvgIpc) is 3.12. The molecular weight excluding hydrogens is 644 g/mol. The molecule has 12 heteroatoms. The summed E-state index contributed by atoms with van der Waals surface area (Å²) in [6.45, 7) is 1.75. The van der Waals surface area contributed by atoms with Crippen molar-refractivity contribution in [2.24, 2.45) is 0 Å². The number of aliphatic hydroxyl groups is 6. The Morgan fingerprint density at radius 2 is 1.40 bits per heavy atom. The van der Waals surface area contributed by atoms with Gasteiger partial charge in [-0.1, -0.05) is 101 Å². The van der Waals surface area contributed by atoms with Crippen LogP contribution in [0.5, 0.6) is 0 Å². The number of benzene rings is 1. The van der Waals surface area contributed by atoms with E-state index in [0.717, 1.165) is 51.4 Å². The van der Waals surface area contributed by atoms with E-state index in [-0.39, 0.29) is 31.1 Å². The molecule has 0 radical (unpaired) electrons. The van der Waals surface area contributed by atoms with Crippen LogP contribution in [-0.4, -0.2) is 111 Å². The van der Waals surface area contributed by atoms with E-state index in [4.69, 9.17) is 9.47 Å². The molecule has 0 spiro atoms. The van der Waals surface area contributed by atoms with E-state index < -0.39 is 62.2 Å². The van der Waals surface area contributed by atoms with Crippen molar-refractivity contribution in [1.29, 1.82) is 0 Å². The second-order valence-electron chi connectivity index (χ2n) is 13.7. The molecule has 1 aromatic carbocycles. The first-order chi connectivity index (χ1) is 24.2. The normalized spacial score (nSPS) is 22.5. The van der Waals surface area contributed by atoms with E-state index >= 15 is 0 Å². The fourth-order valence-electron chi connectivity index (χ4n) is 6.18. The van der Waals surface area contributed by atoms with Crippen LogP contribution in [0.1, 0.15) is 122 Å². The lowest BCUT2D eigenvalue weighted by Gasteiger charge is -2.40. The van der Waals surface area contributed by atoms with Crippen LogP contribution in [0.3, 0.4) is 0 Å². The summed E-state index contributed by atoms with van der Waals surface area (Å²) in [5.74, 6) is -0.464. The molecule has 288 valence electrons. The highest BCUT2D eigenvalue weighted by Gasteiger charge is 2.44. The van der Waals surface area contributed by atoms with Gasteiger partial charge in [0.25, 0.3) is 0 Å². The Morgan fingerprint density at radius 1 is 0.780 bits per heavy atom. The number of carbonyl (C=O) groups is 2. The van der Waals surface area contributed by atoms with E-state index in [9.17, 15) is 40.2 Å². The van der Waals surface area contributed by atoms with E-state index in [1.165, 1.54) is 37.7 Å². The molecule has 2 rings (SSSR count). The molecule has 8 N–H and O–H groups in total. The predicted molar refractivity (Wildman–Crippen MR) is 191 cm³/mol. The number of rotatable bonds is 28. The second-order valence-corrected chi connectivity index (χ2v) is 13.7. The van der Waals surface area contributed by atoms with Crippen molar-refractivity contribution in [1.82, 2.24) is 10.6 Å². The molecule has 50 heavy (non-hydrogen) atoms. The minimum atomic E-state index is -1.65. The maximum atomic E-state index is 12.8. The van der Waals surface area contributed by atoms with Gasteiger partial charge in [-0.3, -0.25) is 9.59 Å². The highest BCUT2D eigenvalue weighted by Crippen LogP contribution is 2.23. The molecule has 1 fully saturated rings. The number of carbonyl (C=O) groups excluding carboxylic acids is 2. The lowest BCUT2D eigenvalue weighted by molar-refractivity contribution is -0.303. The molecule has 0 saturated carbocycles. The summed E-state index contributed by atoms with van der Waals surface area (Å²) in [5.41, 5.74) is 1.33. The monoisotopic (exact) mass is 710 g/mol. The summed E-state index contributed by atoms with van der Waals surface area (Å²) >= 11 is 0. The fraction of sp³-hybridized carbons (Fsp3) is 0.789. The first-order valence-corrected chi connectivity index (χ1v) is 19.1. The number of unbranched alkanes of at least 4 members (excludes halogenated alkanes) is 11. The Labute approximate surface area is 299 Å². The van der Waals surface area contributed by atoms with Gasteiger partial charge >= 0.3 is 0 Å². The van der Waals surface area contributed by atoms with Gasteiger partial charge in [0.15, 0.2) is 6.29 Å². The number of ether oxygens (including phenoxy) is 2. The Bertz CT molecular complexity index is 1020. The number of amides is 2. The van der Waals surface area contributed by atoms with E-state index in [2.05, 4.69) is 29.7 Å². The zero-order chi connectivity index (χ0) is 36.6. The maximum Gasteiger partial charge on any atom is 0.220 e. The molecule has 0 bridgehead atoms. The summed E-state index contributed by atoms with van der Waals surface area (Å²) in [6, 6.07) is 9.26. The molecule has 1 aromatic rings. The number of nitrogens with one attached hydrogen (secondary N) is 2. The van der Waals surface area contributed by atoms with Crippen LogP contribution in [-0.2, 0) is 25.5 Å². The smallest absolute Gasteiger partial charge is 0.220 e. The van der Waals surface area contributed by atoms with Gasteiger partial charge in [-0.2, -0.15) is 0 Å². The number of hydrogen-bond acceptors (Lipinski definition) is 10. The van der Waals surface area contributed by atoms with Crippen LogP contribution in [0.25, 0.3) is 0 Å². The Hall–Kier alpha value is -2.16. The van der Waals surface area contributed by atoms with Crippen molar-refractivity contribution in [3.63, 3.8) is 0 Å². The molecule has 0 aromatic heterocycles. The van der Waals surface area contributed by atoms with Gasteiger partial charge in [-0.05, 0) is 44.1 Å². The lowest BCUT2D eigenvalue weighted by Crippen LogP contribution is -2.60. The highest BCUT2D eigenvalue weighted by molar-refractivity contribution is 5.76. The van der Waals surface area contributed by atoms with Gasteiger partial charge in [-0.15, -0.1) is 0 Å². The first kappa shape index (κ1) is 44.0. The van der Waals surface area contributed by atoms with Gasteiger partial charge in [0.05, 0.1) is 25.4 Å². The highest BCUT2D eigenvalue weighted by atomic mass is 16.7. The standard InChI is InChI=1S/C38H66N2O10/c1-2-3-4-5-6-7-8-9-16-23-33(44)40-29(27-49-38-37(48)36(47)35(46)31(26-41)50-38)34(45)30(42)22-18-24-32(43)39-25-17-11-10-13-19-28-20-14-12-15-21-28/h12,14-15,20-21,29-31,34-38,41-42,45-48H,2-11,13,16-19,22-27H2,1H3,(H,39,43)(H,40,44)/t29-,30+,31?,34-,35-,36-,37?,38-/m0/s1. The van der Waals surface area contributed by atoms with Crippen molar-refractivity contribution in [3.8, 4) is 0 Å². The number of hydrogen-bond donors (Lipinski definition) is 8. The Balaban J connectivity index is 1.77. The van der Waals surface area contributed by atoms with Gasteiger partial charge in [-0.25, -0.2) is 0 Å². The van der Waals surface area contributed by atoms with Crippen LogP contribution in [0.4, 0.5) is 0 Å². The summed E-state index contributed by atoms with van der Waals surface area (Å²) < 4.78 is 11.0. The first-order valence-electron chi connectivity index (χ1n) is 19.1. The lowest BCUT2D eigenvalue weighted by atomic mass is 9.99. The van der Waals surface area contributed by atoms with Gasteiger partial charge in [0.1, 0.15) is 30.5 Å². The van der Waals surface area contributed by atoms with Crippen LogP contribution < -0.4 is 10.6 Å². The second kappa shape index (κ2) is 26.6. The molecular formula is C38H66N2O10. The summed E-state index contributed by atoms with van der Waals surface area (Å²) in [7, 11) is 0. The van der Waals surface area contributed by atoms with Crippen LogP contribution >= 0.6 is 0 Å². The Morgan fingerprint density at radius 3 is 2.08 bits per heavy atom. The van der Waals surface area contributed by atoms with Crippen molar-refractivity contribution in [3.05, 3.63) is 35.9 Å². The van der Waals surface area contributed by atoms with Crippen LogP contribution in [0, 0.1) is 0 Å². The average molecular weight is 711 g/mol. The fourth-order valence-corrected chi connectivity index (χ4v) is 6.18. The van der Waals surface area contributed by atoms with E-state index in [0.29, 0.717) is 19.4 Å². The summed E-state index contributed by atoms with van der Waals surface area (Å²) in [6.07, 6.45) is 5.57. The molecule has 2 amide bonds. The van der Waals surface area contributed by atoms with Crippen molar-refractivity contribution < 1.29 is 49.7 Å². The minimum absolute atomic E-state index is 0.0960. The SMILES string of the molecule is CCCCCCCCCCCC(=O)N[C@@H](CO[C@H]1OC(CO)[C@H](O)[C@H](O)C1O)[C@H](O)[C@H](O)CCCC(=O)NCCCCCCc1ccccc1. The van der Waals surface area contributed by atoms with Crippen LogP contribution in [0.15, 0.2) is 30.3 Å². The molecule has 1 aliphatic heterocycles. The third-order valence-corrected chi connectivity index (χ3v) is 9.41. The van der Waals surface area contributed by atoms with Gasteiger partial charge < -0.3 is 50.7 Å². The molecule has 1 aliphatic rings. The zero-order valence-corrected chi connectivity index (χ0v) is 30.2. The molecule has 1 heterocycles. The molecule has 2 unspecified atom stereocenters. The third kappa shape index (κ3) is 17.9. The quantitative estimate of drug-likeness (QED) is 0.0599. The molecule has 0 aliphatic carbocycles. The topological polar surface area (TPSA) is 198 Å². The molecule has 8 atom stereocenters. The van der Waals surface area contributed by atoms with Crippen molar-refractivity contribution >= 4 is 11.8 Å². The molecule has 1 saturated heterocycles. The van der Waals surface area contributed by atoms with Crippen molar-refractivity contribution in [2.75, 3.05) is 19.8 Å². The number of aliphatic hydroxyl groups excluding tert-OH is 6.